The van der Waals surface area contributed by atoms with E-state index in [1.165, 1.54) is 12.1 Å². The SMILES string of the molecule is COCCCn1ccc(NC(=O)NCc2ccc(C(=O)O)cc2)n1. The molecule has 0 unspecified atom stereocenters. The molecule has 0 spiro atoms. The van der Waals surface area contributed by atoms with E-state index in [9.17, 15) is 9.59 Å². The van der Waals surface area contributed by atoms with Gasteiger partial charge in [0.2, 0.25) is 0 Å². The van der Waals surface area contributed by atoms with Crippen molar-refractivity contribution in [2.24, 2.45) is 0 Å². The summed E-state index contributed by atoms with van der Waals surface area (Å²) in [4.78, 5) is 22.6. The lowest BCUT2D eigenvalue weighted by Crippen LogP contribution is -2.28. The number of ether oxygens (including phenoxy) is 1. The van der Waals surface area contributed by atoms with Crippen LogP contribution in [0, 0.1) is 0 Å². The summed E-state index contributed by atoms with van der Waals surface area (Å²) >= 11 is 0. The minimum Gasteiger partial charge on any atom is -0.478 e. The molecule has 0 aliphatic rings. The zero-order valence-electron chi connectivity index (χ0n) is 13.4. The Morgan fingerprint density at radius 3 is 2.67 bits per heavy atom. The van der Waals surface area contributed by atoms with Crippen LogP contribution >= 0.6 is 0 Å². The molecule has 1 heterocycles. The Morgan fingerprint density at radius 2 is 2.00 bits per heavy atom. The van der Waals surface area contributed by atoms with Gasteiger partial charge in [-0.1, -0.05) is 12.1 Å². The number of carbonyl (C=O) groups is 2. The first-order chi connectivity index (χ1) is 11.6. The van der Waals surface area contributed by atoms with Crippen LogP contribution in [0.5, 0.6) is 0 Å². The number of anilines is 1. The first kappa shape index (κ1) is 17.5. The van der Waals surface area contributed by atoms with Crippen molar-refractivity contribution < 1.29 is 19.4 Å². The standard InChI is InChI=1S/C16H20N4O4/c1-24-10-2-8-20-9-7-14(19-20)18-16(23)17-11-12-3-5-13(6-4-12)15(21)22/h3-7,9H,2,8,10-11H2,1H3,(H,21,22)(H2,17,18,19,23). The van der Waals surface area contributed by atoms with E-state index in [1.54, 1.807) is 36.2 Å². The first-order valence-electron chi connectivity index (χ1n) is 7.48. The molecular formula is C16H20N4O4. The number of hydrogen-bond donors (Lipinski definition) is 3. The van der Waals surface area contributed by atoms with Crippen LogP contribution in [0.25, 0.3) is 0 Å². The molecule has 2 aromatic rings. The van der Waals surface area contributed by atoms with Gasteiger partial charge in [0.25, 0.3) is 0 Å². The number of amides is 2. The normalized spacial score (nSPS) is 10.4. The van der Waals surface area contributed by atoms with Crippen molar-refractivity contribution in [2.45, 2.75) is 19.5 Å². The van der Waals surface area contributed by atoms with Crippen molar-refractivity contribution in [3.05, 3.63) is 47.7 Å². The molecule has 1 aromatic carbocycles. The number of aromatic carboxylic acids is 1. The number of nitrogens with zero attached hydrogens (tertiary/aromatic N) is 2. The van der Waals surface area contributed by atoms with Crippen LogP contribution < -0.4 is 10.6 Å². The van der Waals surface area contributed by atoms with Crippen molar-refractivity contribution >= 4 is 17.8 Å². The van der Waals surface area contributed by atoms with Gasteiger partial charge in [0.1, 0.15) is 0 Å². The number of carboxylic acids is 1. The average molecular weight is 332 g/mol. The van der Waals surface area contributed by atoms with Crippen LogP contribution in [0.3, 0.4) is 0 Å². The number of methoxy groups -OCH3 is 1. The van der Waals surface area contributed by atoms with Crippen LogP contribution in [-0.4, -0.2) is 40.6 Å². The molecule has 3 N–H and O–H groups in total. The topological polar surface area (TPSA) is 105 Å². The molecule has 0 atom stereocenters. The third-order valence-corrected chi connectivity index (χ3v) is 3.27. The number of carbonyl (C=O) groups excluding carboxylic acids is 1. The van der Waals surface area contributed by atoms with Gasteiger partial charge in [-0.15, -0.1) is 0 Å². The Labute approximate surface area is 139 Å². The number of aromatic nitrogens is 2. The van der Waals surface area contributed by atoms with E-state index in [0.29, 0.717) is 25.5 Å². The molecule has 24 heavy (non-hydrogen) atoms. The highest BCUT2D eigenvalue weighted by Gasteiger charge is 2.06. The maximum atomic E-state index is 11.8. The molecule has 0 fully saturated rings. The van der Waals surface area contributed by atoms with Gasteiger partial charge < -0.3 is 15.2 Å². The lowest BCUT2D eigenvalue weighted by Gasteiger charge is -2.06. The molecule has 8 heteroatoms. The summed E-state index contributed by atoms with van der Waals surface area (Å²) in [6.07, 6.45) is 2.63. The summed E-state index contributed by atoms with van der Waals surface area (Å²) in [5.41, 5.74) is 1.02. The van der Waals surface area contributed by atoms with Gasteiger partial charge in [-0.25, -0.2) is 9.59 Å². The number of hydrogen-bond acceptors (Lipinski definition) is 4. The van der Waals surface area contributed by atoms with Crippen LogP contribution in [0.2, 0.25) is 0 Å². The van der Waals surface area contributed by atoms with Gasteiger partial charge >= 0.3 is 12.0 Å². The number of aryl methyl sites for hydroxylation is 1. The quantitative estimate of drug-likeness (QED) is 0.641. The fourth-order valence-electron chi connectivity index (χ4n) is 2.03. The zero-order valence-corrected chi connectivity index (χ0v) is 13.4. The van der Waals surface area contributed by atoms with E-state index in [4.69, 9.17) is 9.84 Å². The summed E-state index contributed by atoms with van der Waals surface area (Å²) < 4.78 is 6.71. The Balaban J connectivity index is 1.77. The van der Waals surface area contributed by atoms with Gasteiger partial charge in [0.15, 0.2) is 5.82 Å². The van der Waals surface area contributed by atoms with E-state index in [1.807, 2.05) is 0 Å². The lowest BCUT2D eigenvalue weighted by atomic mass is 10.1. The van der Waals surface area contributed by atoms with E-state index in [0.717, 1.165) is 12.0 Å². The second-order valence-corrected chi connectivity index (χ2v) is 5.12. The largest absolute Gasteiger partial charge is 0.478 e. The van der Waals surface area contributed by atoms with E-state index in [-0.39, 0.29) is 11.6 Å². The Kier molecular flexibility index (Phi) is 6.32. The molecule has 0 saturated carbocycles. The summed E-state index contributed by atoms with van der Waals surface area (Å²) in [7, 11) is 1.65. The number of rotatable bonds is 8. The van der Waals surface area contributed by atoms with Gasteiger partial charge in [-0.2, -0.15) is 5.10 Å². The molecule has 0 bridgehead atoms. The van der Waals surface area contributed by atoms with E-state index in [2.05, 4.69) is 15.7 Å². The summed E-state index contributed by atoms with van der Waals surface area (Å²) in [6, 6.07) is 7.66. The summed E-state index contributed by atoms with van der Waals surface area (Å²) in [5.74, 6) is -0.514. The van der Waals surface area contributed by atoms with Crippen LogP contribution in [0.15, 0.2) is 36.5 Å². The van der Waals surface area contributed by atoms with Gasteiger partial charge in [-0.3, -0.25) is 10.00 Å². The predicted molar refractivity (Wildman–Crippen MR) is 88.0 cm³/mol. The molecule has 1 aromatic heterocycles. The number of benzene rings is 1. The molecule has 8 nitrogen and oxygen atoms in total. The van der Waals surface area contributed by atoms with E-state index >= 15 is 0 Å². The highest BCUT2D eigenvalue weighted by Crippen LogP contribution is 2.05. The second-order valence-electron chi connectivity index (χ2n) is 5.12. The minimum atomic E-state index is -0.978. The fraction of sp³-hybridized carbons (Fsp3) is 0.312. The highest BCUT2D eigenvalue weighted by atomic mass is 16.5. The van der Waals surface area contributed by atoms with Crippen LogP contribution in [0.4, 0.5) is 10.6 Å². The lowest BCUT2D eigenvalue weighted by molar-refractivity contribution is 0.0697. The third kappa shape index (κ3) is 5.40. The zero-order chi connectivity index (χ0) is 17.4. The molecule has 2 amide bonds. The van der Waals surface area contributed by atoms with Crippen molar-refractivity contribution in [1.29, 1.82) is 0 Å². The Morgan fingerprint density at radius 1 is 1.25 bits per heavy atom. The first-order valence-corrected chi connectivity index (χ1v) is 7.48. The molecule has 0 aliphatic carbocycles. The van der Waals surface area contributed by atoms with Gasteiger partial charge in [-0.05, 0) is 24.1 Å². The van der Waals surface area contributed by atoms with Gasteiger partial charge in [0, 0.05) is 39.1 Å². The number of nitrogens with one attached hydrogen (secondary N) is 2. The van der Waals surface area contributed by atoms with Crippen LogP contribution in [-0.2, 0) is 17.8 Å². The predicted octanol–water partition coefficient (Wildman–Crippen LogP) is 1.94. The average Bonchev–Trinajstić information content (AvgIpc) is 3.01. The summed E-state index contributed by atoms with van der Waals surface area (Å²) in [5, 5.41) is 18.4. The van der Waals surface area contributed by atoms with Crippen LogP contribution in [0.1, 0.15) is 22.3 Å². The number of carboxylic acid groups (broad SMARTS) is 1. The molecular weight excluding hydrogens is 312 g/mol. The smallest absolute Gasteiger partial charge is 0.335 e. The minimum absolute atomic E-state index is 0.210. The monoisotopic (exact) mass is 332 g/mol. The van der Waals surface area contributed by atoms with Gasteiger partial charge in [0.05, 0.1) is 5.56 Å². The van der Waals surface area contributed by atoms with Crippen molar-refractivity contribution in [2.75, 3.05) is 19.0 Å². The van der Waals surface area contributed by atoms with E-state index < -0.39 is 5.97 Å². The molecule has 0 aliphatic heterocycles. The van der Waals surface area contributed by atoms with Crippen molar-refractivity contribution in [1.82, 2.24) is 15.1 Å². The maximum Gasteiger partial charge on any atom is 0.335 e. The Hall–Kier alpha value is -2.87. The fourth-order valence-corrected chi connectivity index (χ4v) is 2.03. The molecule has 0 radical (unpaired) electrons. The molecule has 2 rings (SSSR count). The number of urea groups is 1. The maximum absolute atomic E-state index is 11.8. The van der Waals surface area contributed by atoms with Crippen molar-refractivity contribution in [3.8, 4) is 0 Å². The molecule has 0 saturated heterocycles. The Bertz CT molecular complexity index is 682. The van der Waals surface area contributed by atoms with Crippen molar-refractivity contribution in [3.63, 3.8) is 0 Å². The summed E-state index contributed by atoms with van der Waals surface area (Å²) in [6.45, 7) is 1.66. The second kappa shape index (κ2) is 8.68. The third-order valence-electron chi connectivity index (χ3n) is 3.27. The highest BCUT2D eigenvalue weighted by molar-refractivity contribution is 5.88. The molecule has 128 valence electrons.